The minimum Gasteiger partial charge on any atom is -0.419 e. The number of rotatable bonds is 4. The zero-order valence-corrected chi connectivity index (χ0v) is 15.3. The molecule has 1 aromatic carbocycles. The Morgan fingerprint density at radius 3 is 2.44 bits per heavy atom. The summed E-state index contributed by atoms with van der Waals surface area (Å²) in [4.78, 5) is 8.74. The van der Waals surface area contributed by atoms with E-state index in [-0.39, 0.29) is 0 Å². The van der Waals surface area contributed by atoms with Crippen molar-refractivity contribution in [3.63, 3.8) is 0 Å². The highest BCUT2D eigenvalue weighted by Gasteiger charge is 2.25. The third-order valence-corrected chi connectivity index (χ3v) is 4.79. The molecule has 3 heterocycles. The topological polar surface area (TPSA) is 95.2 Å². The van der Waals surface area contributed by atoms with Gasteiger partial charge in [0.1, 0.15) is 17.5 Å². The molecule has 0 amide bonds. The Balaban J connectivity index is 1.47. The molecular formula is C19H20N6O2. The predicted molar refractivity (Wildman–Crippen MR) is 97.9 cm³/mol. The van der Waals surface area contributed by atoms with Gasteiger partial charge in [-0.1, -0.05) is 28.0 Å². The molecule has 1 saturated heterocycles. The molecule has 4 rings (SSSR count). The van der Waals surface area contributed by atoms with Crippen molar-refractivity contribution in [2.24, 2.45) is 0 Å². The van der Waals surface area contributed by atoms with Gasteiger partial charge in [0.15, 0.2) is 0 Å². The Hall–Kier alpha value is -3.18. The summed E-state index contributed by atoms with van der Waals surface area (Å²) in [6.45, 7) is 7.79. The molecule has 1 aliphatic rings. The van der Waals surface area contributed by atoms with Crippen LogP contribution in [0.3, 0.4) is 0 Å². The van der Waals surface area contributed by atoms with Crippen LogP contribution in [0.15, 0.2) is 33.3 Å². The average molecular weight is 364 g/mol. The number of benzene rings is 1. The Kier molecular flexibility index (Phi) is 4.60. The maximum absolute atomic E-state index is 9.47. The summed E-state index contributed by atoms with van der Waals surface area (Å²) in [5, 5.41) is 17.2. The number of aryl methyl sites for hydroxylation is 2. The fourth-order valence-corrected chi connectivity index (χ4v) is 3.13. The highest BCUT2D eigenvalue weighted by atomic mass is 16.6. The van der Waals surface area contributed by atoms with E-state index in [0.717, 1.165) is 43.1 Å². The number of aromatic nitrogens is 3. The molecule has 1 aliphatic heterocycles. The first-order chi connectivity index (χ1) is 13.1. The third kappa shape index (κ3) is 3.55. The summed E-state index contributed by atoms with van der Waals surface area (Å²) >= 11 is 0. The van der Waals surface area contributed by atoms with E-state index in [1.54, 1.807) is 0 Å². The van der Waals surface area contributed by atoms with Crippen LogP contribution in [0.1, 0.15) is 22.6 Å². The Bertz CT molecular complexity index is 961. The molecule has 138 valence electrons. The number of nitrogens with zero attached hydrogens (tertiary/aromatic N) is 6. The first-order valence-electron chi connectivity index (χ1n) is 8.87. The second kappa shape index (κ2) is 7.21. The van der Waals surface area contributed by atoms with E-state index in [9.17, 15) is 5.26 Å². The monoisotopic (exact) mass is 364 g/mol. The summed E-state index contributed by atoms with van der Waals surface area (Å²) in [7, 11) is 0. The summed E-state index contributed by atoms with van der Waals surface area (Å²) < 4.78 is 10.7. The molecule has 1 fully saturated rings. The van der Waals surface area contributed by atoms with E-state index >= 15 is 0 Å². The maximum Gasteiger partial charge on any atom is 0.235 e. The molecule has 0 saturated carbocycles. The standard InChI is InChI=1S/C19H20N6O2/c1-13-3-5-15(6-4-13)18-21-16(11-20)19(26-18)25-9-7-24(8-10-25)12-17-14(2)22-27-23-17/h3-6H,7-10,12H2,1-2H3. The molecule has 0 atom stereocenters. The minimum atomic E-state index is 0.329. The molecule has 8 nitrogen and oxygen atoms in total. The van der Waals surface area contributed by atoms with Crippen LogP contribution in [0, 0.1) is 25.2 Å². The number of hydrogen-bond acceptors (Lipinski definition) is 8. The Labute approximate surface area is 157 Å². The zero-order chi connectivity index (χ0) is 18.8. The van der Waals surface area contributed by atoms with Gasteiger partial charge in [-0.3, -0.25) is 4.90 Å². The van der Waals surface area contributed by atoms with Crippen molar-refractivity contribution in [2.75, 3.05) is 31.1 Å². The van der Waals surface area contributed by atoms with Crippen molar-refractivity contribution in [3.8, 4) is 17.5 Å². The molecule has 8 heteroatoms. The highest BCUT2D eigenvalue weighted by Crippen LogP contribution is 2.29. The quantitative estimate of drug-likeness (QED) is 0.697. The van der Waals surface area contributed by atoms with E-state index in [4.69, 9.17) is 9.05 Å². The normalized spacial score (nSPS) is 15.1. The van der Waals surface area contributed by atoms with Gasteiger partial charge >= 0.3 is 0 Å². The van der Waals surface area contributed by atoms with Crippen LogP contribution in [-0.2, 0) is 6.54 Å². The van der Waals surface area contributed by atoms with Crippen molar-refractivity contribution in [1.82, 2.24) is 20.2 Å². The molecule has 0 spiro atoms. The van der Waals surface area contributed by atoms with Gasteiger partial charge in [-0.2, -0.15) is 10.2 Å². The molecule has 3 aromatic rings. The maximum atomic E-state index is 9.47. The second-order valence-corrected chi connectivity index (χ2v) is 6.71. The number of piperazine rings is 1. The SMILES string of the molecule is Cc1ccc(-c2nc(C#N)c(N3CCN(Cc4nonc4C)CC3)o2)cc1. The van der Waals surface area contributed by atoms with E-state index in [2.05, 4.69) is 31.2 Å². The van der Waals surface area contributed by atoms with Gasteiger partial charge in [0, 0.05) is 38.3 Å². The van der Waals surface area contributed by atoms with Crippen LogP contribution < -0.4 is 4.90 Å². The number of anilines is 1. The molecule has 0 bridgehead atoms. The van der Waals surface area contributed by atoms with Gasteiger partial charge in [0.25, 0.3) is 0 Å². The van der Waals surface area contributed by atoms with Gasteiger partial charge in [-0.05, 0) is 26.0 Å². The van der Waals surface area contributed by atoms with Gasteiger partial charge in [0.2, 0.25) is 17.5 Å². The second-order valence-electron chi connectivity index (χ2n) is 6.71. The van der Waals surface area contributed by atoms with Gasteiger partial charge in [-0.15, -0.1) is 0 Å². The van der Waals surface area contributed by atoms with E-state index < -0.39 is 0 Å². The van der Waals surface area contributed by atoms with Crippen LogP contribution in [-0.4, -0.2) is 46.4 Å². The molecule has 27 heavy (non-hydrogen) atoms. The lowest BCUT2D eigenvalue weighted by molar-refractivity contribution is 0.234. The fourth-order valence-electron chi connectivity index (χ4n) is 3.13. The van der Waals surface area contributed by atoms with Gasteiger partial charge < -0.3 is 9.32 Å². The van der Waals surface area contributed by atoms with Crippen molar-refractivity contribution >= 4 is 5.88 Å². The third-order valence-electron chi connectivity index (χ3n) is 4.79. The average Bonchev–Trinajstić information content (AvgIpc) is 3.29. The van der Waals surface area contributed by atoms with Crippen LogP contribution in [0.5, 0.6) is 0 Å². The van der Waals surface area contributed by atoms with Crippen molar-refractivity contribution in [2.45, 2.75) is 20.4 Å². The molecule has 0 aliphatic carbocycles. The summed E-state index contributed by atoms with van der Waals surface area (Å²) in [5.41, 5.74) is 4.05. The predicted octanol–water partition coefficient (Wildman–Crippen LogP) is 2.54. The summed E-state index contributed by atoms with van der Waals surface area (Å²) in [5.74, 6) is 1.03. The van der Waals surface area contributed by atoms with Crippen molar-refractivity contribution < 1.29 is 9.05 Å². The van der Waals surface area contributed by atoms with E-state index in [0.29, 0.717) is 24.0 Å². The van der Waals surface area contributed by atoms with Crippen LogP contribution in [0.25, 0.3) is 11.5 Å². The number of hydrogen-bond donors (Lipinski definition) is 0. The van der Waals surface area contributed by atoms with Crippen molar-refractivity contribution in [3.05, 3.63) is 46.9 Å². The minimum absolute atomic E-state index is 0.329. The van der Waals surface area contributed by atoms with Crippen LogP contribution in [0.2, 0.25) is 0 Å². The Morgan fingerprint density at radius 2 is 1.81 bits per heavy atom. The first kappa shape index (κ1) is 17.2. The van der Waals surface area contributed by atoms with Gasteiger partial charge in [0.05, 0.1) is 0 Å². The summed E-state index contributed by atoms with van der Waals surface area (Å²) in [6, 6.07) is 10.1. The Morgan fingerprint density at radius 1 is 1.07 bits per heavy atom. The van der Waals surface area contributed by atoms with E-state index in [1.165, 1.54) is 5.56 Å². The first-order valence-corrected chi connectivity index (χ1v) is 8.87. The van der Waals surface area contributed by atoms with Crippen LogP contribution in [0.4, 0.5) is 5.88 Å². The molecule has 0 radical (unpaired) electrons. The smallest absolute Gasteiger partial charge is 0.235 e. The highest BCUT2D eigenvalue weighted by molar-refractivity contribution is 5.60. The molecule has 0 N–H and O–H groups in total. The molecular weight excluding hydrogens is 344 g/mol. The summed E-state index contributed by atoms with van der Waals surface area (Å²) in [6.07, 6.45) is 0. The molecule has 2 aromatic heterocycles. The lowest BCUT2D eigenvalue weighted by Crippen LogP contribution is -2.46. The lowest BCUT2D eigenvalue weighted by Gasteiger charge is -2.33. The zero-order valence-electron chi connectivity index (χ0n) is 15.3. The number of oxazole rings is 1. The van der Waals surface area contributed by atoms with E-state index in [1.807, 2.05) is 38.1 Å². The van der Waals surface area contributed by atoms with Crippen molar-refractivity contribution in [1.29, 1.82) is 5.26 Å². The van der Waals surface area contributed by atoms with Crippen LogP contribution >= 0.6 is 0 Å². The van der Waals surface area contributed by atoms with Gasteiger partial charge in [-0.25, -0.2) is 4.63 Å². The number of nitriles is 1. The lowest BCUT2D eigenvalue weighted by atomic mass is 10.1. The largest absolute Gasteiger partial charge is 0.419 e. The molecule has 0 unspecified atom stereocenters. The fraction of sp³-hybridized carbons (Fsp3) is 0.368.